The lowest BCUT2D eigenvalue weighted by Crippen LogP contribution is -2.01. The van der Waals surface area contributed by atoms with E-state index in [-0.39, 0.29) is 10.6 Å². The zero-order valence-electron chi connectivity index (χ0n) is 8.18. The molecule has 0 saturated carbocycles. The molecule has 1 unspecified atom stereocenters. The number of carbonyl (C=O) groups is 1. The van der Waals surface area contributed by atoms with Gasteiger partial charge in [0.2, 0.25) is 0 Å². The highest BCUT2D eigenvalue weighted by Gasteiger charge is 2.13. The second kappa shape index (κ2) is 5.26. The molecular weight excluding hydrogens is 355 g/mol. The quantitative estimate of drug-likeness (QED) is 0.586. The topological polar surface area (TPSA) is 17.1 Å². The van der Waals surface area contributed by atoms with E-state index < -0.39 is 0 Å². The Kier molecular flexibility index (Phi) is 4.57. The van der Waals surface area contributed by atoms with Crippen LogP contribution in [0.3, 0.4) is 0 Å². The minimum atomic E-state index is -0.165. The summed E-state index contributed by atoms with van der Waals surface area (Å²) in [7, 11) is 0. The van der Waals surface area contributed by atoms with Crippen LogP contribution >= 0.6 is 38.5 Å². The van der Waals surface area contributed by atoms with Crippen LogP contribution in [0.4, 0.5) is 0 Å². The minimum absolute atomic E-state index is 0.144. The van der Waals surface area contributed by atoms with Crippen LogP contribution < -0.4 is 0 Å². The highest BCUT2D eigenvalue weighted by molar-refractivity contribution is 14.1. The van der Waals surface area contributed by atoms with E-state index in [0.717, 1.165) is 12.0 Å². The summed E-state index contributed by atoms with van der Waals surface area (Å²) >= 11 is 5.69. The molecule has 0 radical (unpaired) electrons. The number of hydrogen-bond donors (Lipinski definition) is 0. The summed E-state index contributed by atoms with van der Waals surface area (Å²) in [4.78, 5) is 11.0. The van der Waals surface area contributed by atoms with Crippen molar-refractivity contribution in [3.8, 4) is 0 Å². The Balaban J connectivity index is 3.02. The van der Waals surface area contributed by atoms with Gasteiger partial charge in [-0.2, -0.15) is 0 Å². The number of alkyl halides is 1. The maximum absolute atomic E-state index is 11.2. The third-order valence-electron chi connectivity index (χ3n) is 2.11. The molecule has 0 fully saturated rings. The van der Waals surface area contributed by atoms with Gasteiger partial charge in [-0.3, -0.25) is 4.79 Å². The molecule has 0 aliphatic heterocycles. The lowest BCUT2D eigenvalue weighted by molar-refractivity contribution is -0.116. The van der Waals surface area contributed by atoms with Crippen LogP contribution in [0.25, 0.3) is 0 Å². The molecule has 0 N–H and O–H groups in total. The Morgan fingerprint density at radius 3 is 2.64 bits per heavy atom. The summed E-state index contributed by atoms with van der Waals surface area (Å²) in [6.07, 6.45) is 1.03. The summed E-state index contributed by atoms with van der Waals surface area (Å²) in [5.41, 5.74) is 2.37. The SMILES string of the molecule is CCc1ccc(C(Br)C(C)=O)cc1I. The van der Waals surface area contributed by atoms with E-state index in [1.807, 2.05) is 6.07 Å². The smallest absolute Gasteiger partial charge is 0.147 e. The molecule has 0 amide bonds. The van der Waals surface area contributed by atoms with Gasteiger partial charge in [0.1, 0.15) is 5.78 Å². The van der Waals surface area contributed by atoms with Crippen molar-refractivity contribution in [1.29, 1.82) is 0 Å². The summed E-state index contributed by atoms with van der Waals surface area (Å²) in [5, 5.41) is 0. The largest absolute Gasteiger partial charge is 0.298 e. The fourth-order valence-corrected chi connectivity index (χ4v) is 2.45. The van der Waals surface area contributed by atoms with Gasteiger partial charge in [0, 0.05) is 3.57 Å². The van der Waals surface area contributed by atoms with E-state index in [9.17, 15) is 4.79 Å². The maximum Gasteiger partial charge on any atom is 0.147 e. The molecule has 0 aromatic heterocycles. The molecule has 1 nitrogen and oxygen atoms in total. The zero-order chi connectivity index (χ0) is 10.7. The van der Waals surface area contributed by atoms with Crippen LogP contribution in [-0.2, 0) is 11.2 Å². The molecule has 0 heterocycles. The standard InChI is InChI=1S/C11H12BrIO/c1-3-8-4-5-9(6-10(8)13)11(12)7(2)14/h4-6,11H,3H2,1-2H3. The Morgan fingerprint density at radius 1 is 1.57 bits per heavy atom. The maximum atomic E-state index is 11.2. The minimum Gasteiger partial charge on any atom is -0.298 e. The van der Waals surface area contributed by atoms with Gasteiger partial charge in [0.15, 0.2) is 0 Å². The van der Waals surface area contributed by atoms with Crippen molar-refractivity contribution in [1.82, 2.24) is 0 Å². The molecule has 1 aromatic rings. The first kappa shape index (κ1) is 12.2. The van der Waals surface area contributed by atoms with Crippen molar-refractivity contribution in [2.45, 2.75) is 25.1 Å². The normalized spacial score (nSPS) is 12.6. The van der Waals surface area contributed by atoms with Gasteiger partial charge in [-0.25, -0.2) is 0 Å². The van der Waals surface area contributed by atoms with Crippen LogP contribution in [0, 0.1) is 3.57 Å². The first-order valence-corrected chi connectivity index (χ1v) is 6.48. The third kappa shape index (κ3) is 2.79. The van der Waals surface area contributed by atoms with Crippen molar-refractivity contribution in [3.05, 3.63) is 32.9 Å². The van der Waals surface area contributed by atoms with E-state index in [1.54, 1.807) is 6.92 Å². The number of carbonyl (C=O) groups excluding carboxylic acids is 1. The first-order valence-electron chi connectivity index (χ1n) is 4.49. The van der Waals surface area contributed by atoms with Gasteiger partial charge < -0.3 is 0 Å². The predicted molar refractivity (Wildman–Crippen MR) is 70.9 cm³/mol. The molecule has 1 aromatic carbocycles. The molecule has 0 aliphatic carbocycles. The third-order valence-corrected chi connectivity index (χ3v) is 4.29. The molecule has 0 saturated heterocycles. The molecule has 0 bridgehead atoms. The second-order valence-electron chi connectivity index (χ2n) is 3.18. The van der Waals surface area contributed by atoms with E-state index in [2.05, 4.69) is 57.6 Å². The average molecular weight is 367 g/mol. The number of rotatable bonds is 3. The number of benzene rings is 1. The van der Waals surface area contributed by atoms with Gasteiger partial charge in [-0.05, 0) is 53.1 Å². The first-order chi connectivity index (χ1) is 6.56. The second-order valence-corrected chi connectivity index (χ2v) is 5.26. The average Bonchev–Trinajstić information content (AvgIpc) is 2.16. The van der Waals surface area contributed by atoms with E-state index in [0.29, 0.717) is 0 Å². The Morgan fingerprint density at radius 2 is 2.21 bits per heavy atom. The van der Waals surface area contributed by atoms with Gasteiger partial charge >= 0.3 is 0 Å². The number of Topliss-reactive ketones (excluding diaryl/α,β-unsaturated/α-hetero) is 1. The Hall–Kier alpha value is 0.100. The number of ketones is 1. The predicted octanol–water partition coefficient (Wildman–Crippen LogP) is 3.88. The van der Waals surface area contributed by atoms with Crippen LogP contribution in [0.15, 0.2) is 18.2 Å². The van der Waals surface area contributed by atoms with Gasteiger partial charge in [-0.1, -0.05) is 35.0 Å². The molecular formula is C11H12BrIO. The van der Waals surface area contributed by atoms with Gasteiger partial charge in [0.05, 0.1) is 4.83 Å². The van der Waals surface area contributed by atoms with E-state index in [4.69, 9.17) is 0 Å². The fraction of sp³-hybridized carbons (Fsp3) is 0.364. The van der Waals surface area contributed by atoms with Crippen molar-refractivity contribution < 1.29 is 4.79 Å². The molecule has 0 spiro atoms. The number of hydrogen-bond acceptors (Lipinski definition) is 1. The highest BCUT2D eigenvalue weighted by Crippen LogP contribution is 2.26. The van der Waals surface area contributed by atoms with E-state index >= 15 is 0 Å². The monoisotopic (exact) mass is 366 g/mol. The fourth-order valence-electron chi connectivity index (χ4n) is 1.24. The molecule has 76 valence electrons. The lowest BCUT2D eigenvalue weighted by Gasteiger charge is -2.08. The molecule has 1 rings (SSSR count). The molecule has 1 atom stereocenters. The van der Waals surface area contributed by atoms with Crippen LogP contribution in [0.1, 0.15) is 29.8 Å². The van der Waals surface area contributed by atoms with E-state index in [1.165, 1.54) is 9.13 Å². The summed E-state index contributed by atoms with van der Waals surface area (Å²) in [6, 6.07) is 6.18. The summed E-state index contributed by atoms with van der Waals surface area (Å²) in [5.74, 6) is 0.144. The van der Waals surface area contributed by atoms with Crippen molar-refractivity contribution in [2.75, 3.05) is 0 Å². The van der Waals surface area contributed by atoms with Crippen LogP contribution in [0.2, 0.25) is 0 Å². The van der Waals surface area contributed by atoms with Crippen LogP contribution in [0.5, 0.6) is 0 Å². The Labute approximate surface area is 107 Å². The highest BCUT2D eigenvalue weighted by atomic mass is 127. The summed E-state index contributed by atoms with van der Waals surface area (Å²) in [6.45, 7) is 3.73. The van der Waals surface area contributed by atoms with Gasteiger partial charge in [-0.15, -0.1) is 0 Å². The number of aryl methyl sites for hydroxylation is 1. The molecule has 0 aliphatic rings. The van der Waals surface area contributed by atoms with Crippen molar-refractivity contribution in [3.63, 3.8) is 0 Å². The Bertz CT molecular complexity index is 349. The lowest BCUT2D eigenvalue weighted by atomic mass is 10.1. The van der Waals surface area contributed by atoms with Gasteiger partial charge in [0.25, 0.3) is 0 Å². The summed E-state index contributed by atoms with van der Waals surface area (Å²) < 4.78 is 1.23. The molecule has 3 heteroatoms. The van der Waals surface area contributed by atoms with Crippen molar-refractivity contribution in [2.24, 2.45) is 0 Å². The van der Waals surface area contributed by atoms with Crippen molar-refractivity contribution >= 4 is 44.3 Å². The molecule has 14 heavy (non-hydrogen) atoms. The zero-order valence-corrected chi connectivity index (χ0v) is 11.9. The van der Waals surface area contributed by atoms with Crippen LogP contribution in [-0.4, -0.2) is 5.78 Å². The number of halogens is 2.